The van der Waals surface area contributed by atoms with Crippen LogP contribution in [0.25, 0.3) is 0 Å². The minimum Gasteiger partial charge on any atom is -0.479 e. The Kier molecular flexibility index (Phi) is 2.47. The second-order valence-electron chi connectivity index (χ2n) is 1.95. The number of rotatable bonds is 2. The molecule has 3 heteroatoms. The highest BCUT2D eigenvalue weighted by Gasteiger charge is 1.92. The van der Waals surface area contributed by atoms with E-state index in [-0.39, 0.29) is 6.73 Å². The van der Waals surface area contributed by atoms with Crippen molar-refractivity contribution >= 4 is 0 Å². The Morgan fingerprint density at radius 3 is 3.00 bits per heavy atom. The van der Waals surface area contributed by atoms with Gasteiger partial charge in [-0.05, 0) is 18.2 Å². The van der Waals surface area contributed by atoms with Gasteiger partial charge in [-0.15, -0.1) is 0 Å². The molecule has 2 N–H and O–H groups in total. The van der Waals surface area contributed by atoms with Gasteiger partial charge in [-0.2, -0.15) is 5.26 Å². The van der Waals surface area contributed by atoms with Gasteiger partial charge in [0, 0.05) is 0 Å². The summed E-state index contributed by atoms with van der Waals surface area (Å²) in [5.41, 5.74) is 5.73. The van der Waals surface area contributed by atoms with Crippen LogP contribution in [0.4, 0.5) is 0 Å². The molecule has 0 radical (unpaired) electrons. The average Bonchev–Trinajstić information content (AvgIpc) is 2.06. The molecule has 0 aliphatic rings. The zero-order valence-corrected chi connectivity index (χ0v) is 5.95. The predicted octanol–water partition coefficient (Wildman–Crippen LogP) is 0.853. The molecule has 0 atom stereocenters. The topological polar surface area (TPSA) is 59.0 Å². The lowest BCUT2D eigenvalue weighted by Crippen LogP contribution is -2.07. The van der Waals surface area contributed by atoms with Crippen molar-refractivity contribution in [3.05, 3.63) is 29.8 Å². The number of nitriles is 1. The van der Waals surface area contributed by atoms with E-state index in [1.807, 2.05) is 6.07 Å². The van der Waals surface area contributed by atoms with Crippen LogP contribution in [-0.2, 0) is 0 Å². The molecule has 3 nitrogen and oxygen atoms in total. The first-order valence-electron chi connectivity index (χ1n) is 3.20. The summed E-state index contributed by atoms with van der Waals surface area (Å²) in [5.74, 6) is 0.631. The van der Waals surface area contributed by atoms with Crippen LogP contribution >= 0.6 is 0 Å². The quantitative estimate of drug-likeness (QED) is 0.632. The maximum atomic E-state index is 8.49. The Morgan fingerprint density at radius 2 is 2.36 bits per heavy atom. The molecule has 56 valence electrons. The summed E-state index contributed by atoms with van der Waals surface area (Å²) in [6, 6.07) is 8.87. The average molecular weight is 148 g/mol. The molecule has 0 unspecified atom stereocenters. The van der Waals surface area contributed by atoms with E-state index in [2.05, 4.69) is 0 Å². The number of benzene rings is 1. The fraction of sp³-hybridized carbons (Fsp3) is 0.125. The highest BCUT2D eigenvalue weighted by atomic mass is 16.5. The van der Waals surface area contributed by atoms with Crippen LogP contribution in [0.15, 0.2) is 24.3 Å². The molecule has 0 saturated heterocycles. The summed E-state index contributed by atoms with van der Waals surface area (Å²) in [4.78, 5) is 0. The van der Waals surface area contributed by atoms with Crippen molar-refractivity contribution < 1.29 is 4.74 Å². The molecular weight excluding hydrogens is 140 g/mol. The first-order valence-corrected chi connectivity index (χ1v) is 3.20. The van der Waals surface area contributed by atoms with Gasteiger partial charge < -0.3 is 4.74 Å². The van der Waals surface area contributed by atoms with Gasteiger partial charge >= 0.3 is 0 Å². The number of nitrogens with zero attached hydrogens (tertiary/aromatic N) is 1. The SMILES string of the molecule is N#Cc1cccc(OCN)c1. The lowest BCUT2D eigenvalue weighted by Gasteiger charge is -2.00. The molecule has 1 aromatic rings. The highest BCUT2D eigenvalue weighted by molar-refractivity contribution is 5.36. The lowest BCUT2D eigenvalue weighted by atomic mass is 10.2. The van der Waals surface area contributed by atoms with Gasteiger partial charge in [0.05, 0.1) is 11.6 Å². The minimum absolute atomic E-state index is 0.134. The van der Waals surface area contributed by atoms with E-state index in [4.69, 9.17) is 15.7 Å². The number of hydrogen-bond donors (Lipinski definition) is 1. The molecule has 0 saturated carbocycles. The Hall–Kier alpha value is -1.53. The Morgan fingerprint density at radius 1 is 1.55 bits per heavy atom. The smallest absolute Gasteiger partial charge is 0.137 e. The minimum atomic E-state index is 0.134. The molecule has 1 aromatic carbocycles. The largest absolute Gasteiger partial charge is 0.479 e. The van der Waals surface area contributed by atoms with Crippen LogP contribution in [0.2, 0.25) is 0 Å². The van der Waals surface area contributed by atoms with Crippen molar-refractivity contribution in [3.63, 3.8) is 0 Å². The van der Waals surface area contributed by atoms with E-state index >= 15 is 0 Å². The normalized spacial score (nSPS) is 8.73. The third-order valence-corrected chi connectivity index (χ3v) is 1.21. The third-order valence-electron chi connectivity index (χ3n) is 1.21. The molecule has 0 aliphatic heterocycles. The molecule has 0 aromatic heterocycles. The molecule has 0 fully saturated rings. The highest BCUT2D eigenvalue weighted by Crippen LogP contribution is 2.11. The van der Waals surface area contributed by atoms with Gasteiger partial charge in [0.1, 0.15) is 12.5 Å². The van der Waals surface area contributed by atoms with Crippen LogP contribution in [0.5, 0.6) is 5.75 Å². The zero-order valence-electron chi connectivity index (χ0n) is 5.95. The molecule has 0 bridgehead atoms. The van der Waals surface area contributed by atoms with Crippen LogP contribution in [-0.4, -0.2) is 6.73 Å². The fourth-order valence-electron chi connectivity index (χ4n) is 0.752. The molecular formula is C8H8N2O. The Bertz CT molecular complexity index is 278. The van der Waals surface area contributed by atoms with E-state index in [0.717, 1.165) is 0 Å². The zero-order chi connectivity index (χ0) is 8.10. The lowest BCUT2D eigenvalue weighted by molar-refractivity contribution is 0.329. The number of nitrogens with two attached hydrogens (primary N) is 1. The molecule has 11 heavy (non-hydrogen) atoms. The van der Waals surface area contributed by atoms with E-state index in [1.54, 1.807) is 24.3 Å². The predicted molar refractivity (Wildman–Crippen MR) is 40.8 cm³/mol. The van der Waals surface area contributed by atoms with E-state index in [0.29, 0.717) is 11.3 Å². The second kappa shape index (κ2) is 3.59. The first-order chi connectivity index (χ1) is 5.36. The summed E-state index contributed by atoms with van der Waals surface area (Å²) in [6.07, 6.45) is 0. The number of hydrogen-bond acceptors (Lipinski definition) is 3. The molecule has 0 heterocycles. The number of ether oxygens (including phenoxy) is 1. The van der Waals surface area contributed by atoms with Crippen LogP contribution in [0, 0.1) is 11.3 Å². The van der Waals surface area contributed by atoms with Crippen LogP contribution < -0.4 is 10.5 Å². The molecule has 0 amide bonds. The van der Waals surface area contributed by atoms with Gasteiger partial charge in [0.15, 0.2) is 0 Å². The van der Waals surface area contributed by atoms with Gasteiger partial charge in [0.2, 0.25) is 0 Å². The second-order valence-corrected chi connectivity index (χ2v) is 1.95. The van der Waals surface area contributed by atoms with E-state index in [9.17, 15) is 0 Å². The van der Waals surface area contributed by atoms with Gasteiger partial charge in [-0.25, -0.2) is 0 Å². The third kappa shape index (κ3) is 1.95. The summed E-state index contributed by atoms with van der Waals surface area (Å²) in [7, 11) is 0. The molecule has 1 rings (SSSR count). The maximum absolute atomic E-state index is 8.49. The van der Waals surface area contributed by atoms with Crippen molar-refractivity contribution in [2.45, 2.75) is 0 Å². The van der Waals surface area contributed by atoms with Crippen molar-refractivity contribution in [2.24, 2.45) is 5.73 Å². The van der Waals surface area contributed by atoms with Gasteiger partial charge in [-0.1, -0.05) is 6.07 Å². The van der Waals surface area contributed by atoms with Crippen molar-refractivity contribution in [1.82, 2.24) is 0 Å². The maximum Gasteiger partial charge on any atom is 0.137 e. The fourth-order valence-corrected chi connectivity index (χ4v) is 0.752. The Balaban J connectivity index is 2.85. The Labute approximate surface area is 65.0 Å². The summed E-state index contributed by atoms with van der Waals surface area (Å²) in [6.45, 7) is 0.134. The standard InChI is InChI=1S/C8H8N2O/c9-5-7-2-1-3-8(4-7)11-6-10/h1-4H,6,10H2. The summed E-state index contributed by atoms with van der Waals surface area (Å²) in [5, 5.41) is 8.49. The van der Waals surface area contributed by atoms with Crippen molar-refractivity contribution in [3.8, 4) is 11.8 Å². The molecule has 0 aliphatic carbocycles. The summed E-state index contributed by atoms with van der Waals surface area (Å²) < 4.78 is 4.97. The molecule has 0 spiro atoms. The monoisotopic (exact) mass is 148 g/mol. The summed E-state index contributed by atoms with van der Waals surface area (Å²) >= 11 is 0. The van der Waals surface area contributed by atoms with Gasteiger partial charge in [-0.3, -0.25) is 5.73 Å². The van der Waals surface area contributed by atoms with Gasteiger partial charge in [0.25, 0.3) is 0 Å². The van der Waals surface area contributed by atoms with E-state index < -0.39 is 0 Å². The first kappa shape index (κ1) is 7.58. The van der Waals surface area contributed by atoms with E-state index in [1.165, 1.54) is 0 Å². The van der Waals surface area contributed by atoms with Crippen LogP contribution in [0.1, 0.15) is 5.56 Å². The van der Waals surface area contributed by atoms with Crippen LogP contribution in [0.3, 0.4) is 0 Å². The van der Waals surface area contributed by atoms with Crippen molar-refractivity contribution in [1.29, 1.82) is 5.26 Å². The van der Waals surface area contributed by atoms with Crippen molar-refractivity contribution in [2.75, 3.05) is 6.73 Å².